The minimum Gasteiger partial charge on any atom is -0.487 e. The predicted molar refractivity (Wildman–Crippen MR) is 123 cm³/mol. The number of fused-ring (bicyclic) bond motifs is 1. The Bertz CT molecular complexity index is 1030. The fourth-order valence-corrected chi connectivity index (χ4v) is 4.75. The van der Waals surface area contributed by atoms with Gasteiger partial charge in [0.25, 0.3) is 5.91 Å². The monoisotopic (exact) mass is 445 g/mol. The Kier molecular flexibility index (Phi) is 6.62. The standard InChI is InChI=1S/C23H31N3O4S/c1-6-23(7-2)16-20(19-10-8-9-11-21(19)30-23)24-22(27)17-12-14-18(15-13-17)26(5)31(28,29)25(3)4/h8-15,20H,6-7,16H2,1-5H3,(H,24,27)/t20-/m1/s1. The van der Waals surface area contributed by atoms with Gasteiger partial charge >= 0.3 is 10.2 Å². The van der Waals surface area contributed by atoms with E-state index in [1.165, 1.54) is 25.4 Å². The van der Waals surface area contributed by atoms with Gasteiger partial charge in [0.05, 0.1) is 11.7 Å². The van der Waals surface area contributed by atoms with E-state index in [1.54, 1.807) is 24.3 Å². The van der Waals surface area contributed by atoms with Gasteiger partial charge in [0, 0.05) is 38.7 Å². The van der Waals surface area contributed by atoms with Crippen LogP contribution in [0.15, 0.2) is 48.5 Å². The molecule has 1 N–H and O–H groups in total. The lowest BCUT2D eigenvalue weighted by Gasteiger charge is -2.41. The summed E-state index contributed by atoms with van der Waals surface area (Å²) in [5, 5.41) is 3.15. The molecule has 0 spiro atoms. The molecule has 0 fully saturated rings. The first-order valence-corrected chi connectivity index (χ1v) is 11.9. The number of amides is 1. The molecule has 0 unspecified atom stereocenters. The summed E-state index contributed by atoms with van der Waals surface area (Å²) in [7, 11) is 0.855. The van der Waals surface area contributed by atoms with Gasteiger partial charge in [0.1, 0.15) is 11.4 Å². The SMILES string of the molecule is CCC1(CC)C[C@@H](NC(=O)c2ccc(N(C)S(=O)(=O)N(C)C)cc2)c2ccccc2O1. The zero-order valence-corrected chi connectivity index (χ0v) is 19.6. The first-order valence-electron chi connectivity index (χ1n) is 10.5. The molecular weight excluding hydrogens is 414 g/mol. The summed E-state index contributed by atoms with van der Waals surface area (Å²) in [4.78, 5) is 13.0. The van der Waals surface area contributed by atoms with Crippen molar-refractivity contribution < 1.29 is 17.9 Å². The number of carbonyl (C=O) groups excluding carboxylic acids is 1. The molecule has 31 heavy (non-hydrogen) atoms. The second kappa shape index (κ2) is 8.88. The van der Waals surface area contributed by atoms with Crippen LogP contribution in [0.4, 0.5) is 5.69 Å². The van der Waals surface area contributed by atoms with E-state index in [4.69, 9.17) is 4.74 Å². The minimum absolute atomic E-state index is 0.159. The number of hydrogen-bond acceptors (Lipinski definition) is 4. The van der Waals surface area contributed by atoms with Crippen molar-refractivity contribution in [2.45, 2.75) is 44.8 Å². The summed E-state index contributed by atoms with van der Waals surface area (Å²) in [5.74, 6) is 0.612. The second-order valence-electron chi connectivity index (χ2n) is 8.06. The van der Waals surface area contributed by atoms with Crippen molar-refractivity contribution in [3.63, 3.8) is 0 Å². The van der Waals surface area contributed by atoms with Gasteiger partial charge in [-0.3, -0.25) is 9.10 Å². The van der Waals surface area contributed by atoms with Crippen LogP contribution in [0.3, 0.4) is 0 Å². The van der Waals surface area contributed by atoms with Crippen LogP contribution in [0.5, 0.6) is 5.75 Å². The van der Waals surface area contributed by atoms with Gasteiger partial charge < -0.3 is 10.1 Å². The van der Waals surface area contributed by atoms with Crippen LogP contribution in [0.1, 0.15) is 55.1 Å². The smallest absolute Gasteiger partial charge is 0.303 e. The lowest BCUT2D eigenvalue weighted by atomic mass is 9.83. The molecule has 1 aliphatic heterocycles. The molecule has 0 saturated heterocycles. The number of carbonyl (C=O) groups is 1. The van der Waals surface area contributed by atoms with E-state index in [9.17, 15) is 13.2 Å². The number of benzene rings is 2. The van der Waals surface area contributed by atoms with Crippen molar-refractivity contribution in [3.05, 3.63) is 59.7 Å². The van der Waals surface area contributed by atoms with E-state index in [2.05, 4.69) is 19.2 Å². The highest BCUT2D eigenvalue weighted by atomic mass is 32.2. The molecular formula is C23H31N3O4S. The summed E-state index contributed by atoms with van der Waals surface area (Å²) < 4.78 is 33.2. The number of nitrogens with one attached hydrogen (secondary N) is 1. The van der Waals surface area contributed by atoms with Crippen molar-refractivity contribution in [2.75, 3.05) is 25.4 Å². The minimum atomic E-state index is -3.59. The van der Waals surface area contributed by atoms with Crippen LogP contribution in [-0.4, -0.2) is 45.4 Å². The maximum Gasteiger partial charge on any atom is 0.303 e. The highest BCUT2D eigenvalue weighted by Gasteiger charge is 2.39. The lowest BCUT2D eigenvalue weighted by Crippen LogP contribution is -2.44. The molecule has 1 heterocycles. The summed E-state index contributed by atoms with van der Waals surface area (Å²) in [5.41, 5.74) is 1.63. The average Bonchev–Trinajstić information content (AvgIpc) is 2.78. The molecule has 1 atom stereocenters. The molecule has 2 aromatic rings. The molecule has 7 nitrogen and oxygen atoms in total. The highest BCUT2D eigenvalue weighted by molar-refractivity contribution is 7.90. The Labute approximate surface area is 185 Å². The normalized spacial score (nSPS) is 17.5. The zero-order chi connectivity index (χ0) is 22.8. The van der Waals surface area contributed by atoms with E-state index >= 15 is 0 Å². The van der Waals surface area contributed by atoms with Crippen LogP contribution in [0, 0.1) is 0 Å². The first kappa shape index (κ1) is 23.1. The number of nitrogens with zero attached hydrogens (tertiary/aromatic N) is 2. The molecule has 0 aliphatic carbocycles. The zero-order valence-electron chi connectivity index (χ0n) is 18.8. The van der Waals surface area contributed by atoms with E-state index in [0.717, 1.165) is 28.5 Å². The van der Waals surface area contributed by atoms with E-state index in [1.807, 2.05) is 24.3 Å². The molecule has 1 aliphatic rings. The van der Waals surface area contributed by atoms with Crippen LogP contribution in [0.2, 0.25) is 0 Å². The molecule has 0 saturated carbocycles. The Morgan fingerprint density at radius 1 is 1.06 bits per heavy atom. The topological polar surface area (TPSA) is 79.0 Å². The molecule has 168 valence electrons. The fourth-order valence-electron chi connectivity index (χ4n) is 3.87. The summed E-state index contributed by atoms with van der Waals surface area (Å²) >= 11 is 0. The van der Waals surface area contributed by atoms with Gasteiger partial charge in [-0.25, -0.2) is 0 Å². The number of hydrogen-bond donors (Lipinski definition) is 1. The third-order valence-electron chi connectivity index (χ3n) is 6.09. The van der Waals surface area contributed by atoms with Gasteiger partial charge in [0.15, 0.2) is 0 Å². The molecule has 2 aromatic carbocycles. The first-order chi connectivity index (χ1) is 14.6. The fraction of sp³-hybridized carbons (Fsp3) is 0.435. The highest BCUT2D eigenvalue weighted by Crippen LogP contribution is 2.42. The number of rotatable bonds is 7. The van der Waals surface area contributed by atoms with Gasteiger partial charge in [-0.1, -0.05) is 32.0 Å². The Balaban J connectivity index is 1.81. The summed E-state index contributed by atoms with van der Waals surface area (Å²) in [6, 6.07) is 14.2. The van der Waals surface area contributed by atoms with Crippen molar-refractivity contribution in [3.8, 4) is 5.75 Å². The molecule has 1 amide bonds. The van der Waals surface area contributed by atoms with Gasteiger partial charge in [-0.2, -0.15) is 12.7 Å². The third-order valence-corrected chi connectivity index (χ3v) is 7.92. The van der Waals surface area contributed by atoms with E-state index < -0.39 is 10.2 Å². The molecule has 3 rings (SSSR count). The maximum atomic E-state index is 13.0. The molecule has 8 heteroatoms. The molecule has 0 aromatic heterocycles. The number of ether oxygens (including phenoxy) is 1. The van der Waals surface area contributed by atoms with Crippen molar-refractivity contribution in [1.29, 1.82) is 0 Å². The lowest BCUT2D eigenvalue weighted by molar-refractivity contribution is 0.0227. The Hall–Kier alpha value is -2.58. The summed E-state index contributed by atoms with van der Waals surface area (Å²) in [6.07, 6.45) is 2.40. The average molecular weight is 446 g/mol. The van der Waals surface area contributed by atoms with E-state index in [-0.39, 0.29) is 17.6 Å². The maximum absolute atomic E-state index is 13.0. The van der Waals surface area contributed by atoms with Gasteiger partial charge in [0.2, 0.25) is 0 Å². The second-order valence-corrected chi connectivity index (χ2v) is 10.2. The molecule has 0 radical (unpaired) electrons. The van der Waals surface area contributed by atoms with Gasteiger partial charge in [-0.15, -0.1) is 0 Å². The number of anilines is 1. The van der Waals surface area contributed by atoms with Crippen molar-refractivity contribution in [2.24, 2.45) is 0 Å². The van der Waals surface area contributed by atoms with Crippen LogP contribution in [0.25, 0.3) is 0 Å². The van der Waals surface area contributed by atoms with Crippen LogP contribution < -0.4 is 14.4 Å². The van der Waals surface area contributed by atoms with Crippen LogP contribution >= 0.6 is 0 Å². The molecule has 0 bridgehead atoms. The number of para-hydroxylation sites is 1. The van der Waals surface area contributed by atoms with Gasteiger partial charge in [-0.05, 0) is 43.2 Å². The quantitative estimate of drug-likeness (QED) is 0.704. The van der Waals surface area contributed by atoms with Crippen molar-refractivity contribution >= 4 is 21.8 Å². The van der Waals surface area contributed by atoms with Crippen molar-refractivity contribution in [1.82, 2.24) is 9.62 Å². The van der Waals surface area contributed by atoms with Crippen LogP contribution in [-0.2, 0) is 10.2 Å². The Morgan fingerprint density at radius 2 is 1.68 bits per heavy atom. The van der Waals surface area contributed by atoms with E-state index in [0.29, 0.717) is 17.7 Å². The largest absolute Gasteiger partial charge is 0.487 e. The summed E-state index contributed by atoms with van der Waals surface area (Å²) in [6.45, 7) is 4.21. The Morgan fingerprint density at radius 3 is 2.26 bits per heavy atom. The predicted octanol–water partition coefficient (Wildman–Crippen LogP) is 3.74. The third kappa shape index (κ3) is 4.55.